The van der Waals surface area contributed by atoms with Crippen LogP contribution in [0.4, 0.5) is 0 Å². The van der Waals surface area contributed by atoms with Crippen molar-refractivity contribution in [1.29, 1.82) is 0 Å². The first-order valence-corrected chi connectivity index (χ1v) is 6.36. The van der Waals surface area contributed by atoms with Crippen molar-refractivity contribution >= 4 is 35.0 Å². The number of hydrogen-bond acceptors (Lipinski definition) is 7. The molecule has 2 heterocycles. The molecule has 0 aliphatic heterocycles. The molecule has 0 radical (unpaired) electrons. The van der Waals surface area contributed by atoms with E-state index in [1.807, 2.05) is 12.3 Å². The number of amides is 1. The van der Waals surface area contributed by atoms with Crippen molar-refractivity contribution in [2.75, 3.05) is 0 Å². The summed E-state index contributed by atoms with van der Waals surface area (Å²) in [6.45, 7) is 3.63. The molecule has 0 fully saturated rings. The minimum absolute atomic E-state index is 0.304. The Balaban J connectivity index is 1.97. The minimum Gasteiger partial charge on any atom is -0.266 e. The van der Waals surface area contributed by atoms with E-state index in [2.05, 4.69) is 25.1 Å². The van der Waals surface area contributed by atoms with Crippen LogP contribution in [0.15, 0.2) is 10.5 Å². The van der Waals surface area contributed by atoms with Gasteiger partial charge in [0.25, 0.3) is 5.91 Å². The summed E-state index contributed by atoms with van der Waals surface area (Å²) in [6, 6.07) is 0. The van der Waals surface area contributed by atoms with Gasteiger partial charge in [0.05, 0.1) is 11.9 Å². The summed E-state index contributed by atoms with van der Waals surface area (Å²) >= 11 is 2.52. The molecule has 2 rings (SSSR count). The summed E-state index contributed by atoms with van der Waals surface area (Å²) in [5, 5.41) is 10.2. The quantitative estimate of drug-likeness (QED) is 0.673. The minimum atomic E-state index is -0.304. The molecule has 88 valence electrons. The van der Waals surface area contributed by atoms with Gasteiger partial charge >= 0.3 is 0 Å². The van der Waals surface area contributed by atoms with Gasteiger partial charge in [-0.15, -0.1) is 16.4 Å². The first-order valence-electron chi connectivity index (χ1n) is 4.71. The Morgan fingerprint density at radius 2 is 2.35 bits per heavy atom. The van der Waals surface area contributed by atoms with E-state index in [-0.39, 0.29) is 5.91 Å². The molecule has 2 aromatic heterocycles. The molecular weight excluding hydrogens is 258 g/mol. The van der Waals surface area contributed by atoms with Crippen molar-refractivity contribution in [3.8, 4) is 0 Å². The van der Waals surface area contributed by atoms with Crippen molar-refractivity contribution in [2.24, 2.45) is 5.10 Å². The summed E-state index contributed by atoms with van der Waals surface area (Å²) < 4.78 is 3.68. The highest BCUT2D eigenvalue weighted by molar-refractivity contribution is 7.11. The third-order valence-electron chi connectivity index (χ3n) is 1.84. The fourth-order valence-electron chi connectivity index (χ4n) is 1.07. The van der Waals surface area contributed by atoms with Crippen molar-refractivity contribution < 1.29 is 4.79 Å². The maximum atomic E-state index is 11.6. The zero-order chi connectivity index (χ0) is 12.3. The van der Waals surface area contributed by atoms with E-state index in [0.29, 0.717) is 10.6 Å². The Morgan fingerprint density at radius 3 is 2.94 bits per heavy atom. The summed E-state index contributed by atoms with van der Waals surface area (Å²) in [6.07, 6.45) is 1.51. The molecule has 6 nitrogen and oxygen atoms in total. The van der Waals surface area contributed by atoms with Crippen LogP contribution in [-0.4, -0.2) is 26.7 Å². The van der Waals surface area contributed by atoms with Gasteiger partial charge in [-0.1, -0.05) is 4.49 Å². The molecule has 0 aliphatic carbocycles. The maximum Gasteiger partial charge on any atom is 0.285 e. The van der Waals surface area contributed by atoms with E-state index in [1.165, 1.54) is 17.6 Å². The standard InChI is InChI=1S/C9H9N5OS2/c1-5-4-16-7(11-5)3-10-13-9(15)8-6(2)12-14-17-8/h3-4H,1-2H3,(H,13,15)/b10-3+. The Kier molecular flexibility index (Phi) is 3.55. The predicted octanol–water partition coefficient (Wildman–Crippen LogP) is 1.38. The Morgan fingerprint density at radius 1 is 1.53 bits per heavy atom. The molecule has 0 unspecified atom stereocenters. The molecule has 0 aromatic carbocycles. The normalized spacial score (nSPS) is 10.9. The van der Waals surface area contributed by atoms with E-state index in [0.717, 1.165) is 22.2 Å². The molecule has 1 amide bonds. The number of aryl methyl sites for hydroxylation is 2. The van der Waals surface area contributed by atoms with E-state index in [4.69, 9.17) is 0 Å². The lowest BCUT2D eigenvalue weighted by Crippen LogP contribution is -2.17. The van der Waals surface area contributed by atoms with E-state index in [9.17, 15) is 4.79 Å². The lowest BCUT2D eigenvalue weighted by atomic mass is 10.4. The average Bonchev–Trinajstić information content (AvgIpc) is 2.87. The molecule has 8 heteroatoms. The Bertz CT molecular complexity index is 559. The highest BCUT2D eigenvalue weighted by Crippen LogP contribution is 2.08. The van der Waals surface area contributed by atoms with Crippen molar-refractivity contribution in [3.05, 3.63) is 26.7 Å². The second-order valence-corrected chi connectivity index (χ2v) is 4.86. The highest BCUT2D eigenvalue weighted by atomic mass is 32.1. The number of rotatable bonds is 3. The summed E-state index contributed by atoms with van der Waals surface area (Å²) in [4.78, 5) is 16.3. The van der Waals surface area contributed by atoms with Crippen LogP contribution in [0.5, 0.6) is 0 Å². The smallest absolute Gasteiger partial charge is 0.266 e. The molecule has 2 aromatic rings. The Hall–Kier alpha value is -1.67. The zero-order valence-corrected chi connectivity index (χ0v) is 10.8. The number of nitrogens with one attached hydrogen (secondary N) is 1. The molecule has 0 atom stereocenters. The third kappa shape index (κ3) is 2.92. The second kappa shape index (κ2) is 5.11. The van der Waals surface area contributed by atoms with Crippen LogP contribution >= 0.6 is 22.9 Å². The molecule has 0 bridgehead atoms. The number of hydrazone groups is 1. The summed E-state index contributed by atoms with van der Waals surface area (Å²) in [5.41, 5.74) is 3.95. The number of carbonyl (C=O) groups excluding carboxylic acids is 1. The fourth-order valence-corrected chi connectivity index (χ4v) is 2.27. The topological polar surface area (TPSA) is 80.1 Å². The van der Waals surface area contributed by atoms with Crippen LogP contribution in [0.25, 0.3) is 0 Å². The Labute approximate surface area is 106 Å². The maximum absolute atomic E-state index is 11.6. The van der Waals surface area contributed by atoms with Crippen molar-refractivity contribution in [1.82, 2.24) is 20.0 Å². The molecule has 0 aliphatic rings. The molecule has 0 spiro atoms. The van der Waals surface area contributed by atoms with Gasteiger partial charge in [-0.25, -0.2) is 10.4 Å². The molecule has 0 saturated carbocycles. The molecular formula is C9H9N5OS2. The van der Waals surface area contributed by atoms with Crippen LogP contribution in [-0.2, 0) is 0 Å². The van der Waals surface area contributed by atoms with Gasteiger partial charge in [0.2, 0.25) is 0 Å². The summed E-state index contributed by atoms with van der Waals surface area (Å²) in [7, 11) is 0. The predicted molar refractivity (Wildman–Crippen MR) is 66.6 cm³/mol. The van der Waals surface area contributed by atoms with Gasteiger partial charge in [0, 0.05) is 11.1 Å². The van der Waals surface area contributed by atoms with Crippen molar-refractivity contribution in [2.45, 2.75) is 13.8 Å². The van der Waals surface area contributed by atoms with E-state index in [1.54, 1.807) is 6.92 Å². The average molecular weight is 267 g/mol. The van der Waals surface area contributed by atoms with Gasteiger partial charge in [-0.05, 0) is 25.4 Å². The van der Waals surface area contributed by atoms with Gasteiger partial charge in [-0.3, -0.25) is 4.79 Å². The number of thiazole rings is 1. The molecule has 0 saturated heterocycles. The van der Waals surface area contributed by atoms with Crippen LogP contribution in [0, 0.1) is 13.8 Å². The number of nitrogens with zero attached hydrogens (tertiary/aromatic N) is 4. The van der Waals surface area contributed by atoms with Gasteiger partial charge in [0.1, 0.15) is 9.88 Å². The molecule has 17 heavy (non-hydrogen) atoms. The second-order valence-electron chi connectivity index (χ2n) is 3.21. The molecule has 1 N–H and O–H groups in total. The number of carbonyl (C=O) groups is 1. The fraction of sp³-hybridized carbons (Fsp3) is 0.222. The SMILES string of the molecule is Cc1csc(/C=N/NC(=O)c2snnc2C)n1. The summed E-state index contributed by atoms with van der Waals surface area (Å²) in [5.74, 6) is -0.304. The first kappa shape index (κ1) is 11.8. The first-order chi connectivity index (χ1) is 8.16. The van der Waals surface area contributed by atoms with E-state index >= 15 is 0 Å². The van der Waals surface area contributed by atoms with Crippen LogP contribution in [0.2, 0.25) is 0 Å². The lowest BCUT2D eigenvalue weighted by Gasteiger charge is -1.94. The lowest BCUT2D eigenvalue weighted by molar-refractivity contribution is 0.0958. The van der Waals surface area contributed by atoms with Crippen LogP contribution in [0.1, 0.15) is 26.1 Å². The number of hydrogen-bond donors (Lipinski definition) is 1. The number of aromatic nitrogens is 3. The van der Waals surface area contributed by atoms with E-state index < -0.39 is 0 Å². The van der Waals surface area contributed by atoms with Gasteiger partial charge < -0.3 is 0 Å². The third-order valence-corrected chi connectivity index (χ3v) is 3.56. The van der Waals surface area contributed by atoms with Gasteiger partial charge in [-0.2, -0.15) is 5.10 Å². The van der Waals surface area contributed by atoms with Crippen molar-refractivity contribution in [3.63, 3.8) is 0 Å². The zero-order valence-electron chi connectivity index (χ0n) is 9.17. The largest absolute Gasteiger partial charge is 0.285 e. The van der Waals surface area contributed by atoms with Crippen LogP contribution < -0.4 is 5.43 Å². The van der Waals surface area contributed by atoms with Crippen LogP contribution in [0.3, 0.4) is 0 Å². The monoisotopic (exact) mass is 267 g/mol. The highest BCUT2D eigenvalue weighted by Gasteiger charge is 2.11. The van der Waals surface area contributed by atoms with Gasteiger partial charge in [0.15, 0.2) is 0 Å².